The monoisotopic (exact) mass is 326 g/mol. The topological polar surface area (TPSA) is 26.1 Å². The van der Waals surface area contributed by atoms with E-state index in [1.807, 2.05) is 0 Å². The minimum Gasteiger partial charge on any atom is -0.662 e. The first-order valence-corrected chi connectivity index (χ1v) is 9.96. The van der Waals surface area contributed by atoms with E-state index in [0.717, 1.165) is 19.5 Å². The molecule has 2 rings (SSSR count). The van der Waals surface area contributed by atoms with Crippen LogP contribution in [0.15, 0.2) is 0 Å². The van der Waals surface area contributed by atoms with Gasteiger partial charge >= 0.3 is 37.7 Å². The summed E-state index contributed by atoms with van der Waals surface area (Å²) in [6.07, 6.45) is 16.0. The standard InChI is InChI=1S/C6H13N.C6H12N.C4H10.C4H9.2Li/c2*1-2-4-6-7-5-3-1;2*1-3-4-2;;/h7H,1-6H2;1-6H2;3-4H2,1-2H3;1,3-4H2,2H3;;/q;-1;;-1;2*+1. The number of hydrogen-bond acceptors (Lipinski definition) is 1. The summed E-state index contributed by atoms with van der Waals surface area (Å²) in [6, 6.07) is 0. The Morgan fingerprint density at radius 1 is 0.667 bits per heavy atom. The molecule has 0 aromatic rings. The molecule has 2 heterocycles. The number of rotatable bonds is 2. The molecule has 0 unspecified atom stereocenters. The van der Waals surface area contributed by atoms with Crippen molar-refractivity contribution in [1.82, 2.24) is 5.32 Å². The second-order valence-electron chi connectivity index (χ2n) is 6.10. The van der Waals surface area contributed by atoms with E-state index >= 15 is 0 Å². The number of nitrogens with zero attached hydrogens (tertiary/aromatic N) is 1. The Morgan fingerprint density at radius 3 is 1.38 bits per heavy atom. The largest absolute Gasteiger partial charge is 1.00 e. The van der Waals surface area contributed by atoms with Crippen LogP contribution in [0, 0.1) is 6.92 Å². The summed E-state index contributed by atoms with van der Waals surface area (Å²) in [6.45, 7) is 14.8. The van der Waals surface area contributed by atoms with Crippen LogP contribution in [0.25, 0.3) is 5.32 Å². The van der Waals surface area contributed by atoms with Crippen molar-refractivity contribution in [3.63, 3.8) is 0 Å². The first-order chi connectivity index (χ1) is 10.8. The van der Waals surface area contributed by atoms with Gasteiger partial charge in [0, 0.05) is 0 Å². The van der Waals surface area contributed by atoms with Gasteiger partial charge < -0.3 is 17.6 Å². The molecule has 0 aliphatic carbocycles. The second kappa shape index (κ2) is 35.3. The Balaban J connectivity index is -0.000000112. The number of nitrogens with one attached hydrogen (secondary N) is 1. The minimum atomic E-state index is 0. The van der Waals surface area contributed by atoms with E-state index in [4.69, 9.17) is 0 Å². The van der Waals surface area contributed by atoms with Crippen molar-refractivity contribution in [2.24, 2.45) is 0 Å². The van der Waals surface area contributed by atoms with Crippen molar-refractivity contribution in [2.45, 2.75) is 97.8 Å². The molecule has 2 fully saturated rings. The molecule has 2 aliphatic heterocycles. The Bertz CT molecular complexity index is 108. The van der Waals surface area contributed by atoms with E-state index in [9.17, 15) is 0 Å². The predicted octanol–water partition coefficient (Wildman–Crippen LogP) is 0.519. The van der Waals surface area contributed by atoms with Crippen LogP contribution in [0.4, 0.5) is 0 Å². The van der Waals surface area contributed by atoms with Crippen LogP contribution in [-0.4, -0.2) is 26.2 Å². The summed E-state index contributed by atoms with van der Waals surface area (Å²) in [5.41, 5.74) is 0. The molecule has 0 amide bonds. The maximum atomic E-state index is 4.27. The van der Waals surface area contributed by atoms with Crippen molar-refractivity contribution in [2.75, 3.05) is 26.2 Å². The van der Waals surface area contributed by atoms with Crippen LogP contribution in [0.5, 0.6) is 0 Å². The van der Waals surface area contributed by atoms with Gasteiger partial charge in [-0.1, -0.05) is 78.6 Å². The molecular formula is C20H44Li2N2. The molecule has 0 saturated carbocycles. The fourth-order valence-corrected chi connectivity index (χ4v) is 1.89. The Labute approximate surface area is 178 Å². The SMILES string of the molecule is C1CCCNCC1.C1CCC[N-]CC1.CCCC.[CH2-]CCC.[Li+].[Li+]. The third-order valence-corrected chi connectivity index (χ3v) is 3.69. The number of unbranched alkanes of at least 4 members (excludes halogenated alkanes) is 2. The zero-order valence-electron chi connectivity index (χ0n) is 18.0. The van der Waals surface area contributed by atoms with Gasteiger partial charge in [-0.2, -0.15) is 6.42 Å². The molecule has 1 N–H and O–H groups in total. The molecule has 2 nitrogen and oxygen atoms in total. The number of hydrogen-bond donors (Lipinski definition) is 1. The molecule has 0 radical (unpaired) electrons. The fourth-order valence-electron chi connectivity index (χ4n) is 1.89. The normalized spacial score (nSPS) is 16.5. The smallest absolute Gasteiger partial charge is 0.662 e. The van der Waals surface area contributed by atoms with Gasteiger partial charge in [0.15, 0.2) is 0 Å². The quantitative estimate of drug-likeness (QED) is 0.581. The summed E-state index contributed by atoms with van der Waals surface area (Å²) in [5, 5.41) is 7.62. The van der Waals surface area contributed by atoms with Gasteiger partial charge in [-0.25, -0.2) is 0 Å². The molecule has 0 spiro atoms. The molecule has 0 atom stereocenters. The molecule has 2 saturated heterocycles. The molecule has 24 heavy (non-hydrogen) atoms. The molecule has 0 bridgehead atoms. The average Bonchev–Trinajstić information content (AvgIpc) is 3.05. The Kier molecular flexibility index (Phi) is 48.1. The predicted molar refractivity (Wildman–Crippen MR) is 104 cm³/mol. The minimum absolute atomic E-state index is 0. The molecule has 2 aliphatic rings. The van der Waals surface area contributed by atoms with Gasteiger partial charge in [-0.3, -0.25) is 0 Å². The fraction of sp³-hybridized carbons (Fsp3) is 0.950. The maximum absolute atomic E-state index is 4.27. The van der Waals surface area contributed by atoms with Crippen LogP contribution in [0.3, 0.4) is 0 Å². The van der Waals surface area contributed by atoms with Crippen molar-refractivity contribution < 1.29 is 37.7 Å². The van der Waals surface area contributed by atoms with E-state index in [-0.39, 0.29) is 37.7 Å². The van der Waals surface area contributed by atoms with Gasteiger partial charge in [0.25, 0.3) is 0 Å². The summed E-state index contributed by atoms with van der Waals surface area (Å²) in [5.74, 6) is 0. The summed E-state index contributed by atoms with van der Waals surface area (Å²) in [7, 11) is 0. The van der Waals surface area contributed by atoms with Gasteiger partial charge in [0.05, 0.1) is 0 Å². The first kappa shape index (κ1) is 32.8. The average molecular weight is 326 g/mol. The zero-order chi connectivity index (χ0) is 16.7. The van der Waals surface area contributed by atoms with Crippen molar-refractivity contribution >= 4 is 0 Å². The van der Waals surface area contributed by atoms with Gasteiger partial charge in [-0.15, -0.1) is 13.1 Å². The van der Waals surface area contributed by atoms with Crippen LogP contribution >= 0.6 is 0 Å². The van der Waals surface area contributed by atoms with Crippen LogP contribution in [0.2, 0.25) is 0 Å². The molecule has 0 aromatic carbocycles. The van der Waals surface area contributed by atoms with E-state index in [1.165, 1.54) is 83.7 Å². The van der Waals surface area contributed by atoms with Crippen LogP contribution in [0.1, 0.15) is 97.8 Å². The van der Waals surface area contributed by atoms with E-state index in [2.05, 4.69) is 38.3 Å². The van der Waals surface area contributed by atoms with Gasteiger partial charge in [0.1, 0.15) is 0 Å². The zero-order valence-corrected chi connectivity index (χ0v) is 18.0. The summed E-state index contributed by atoms with van der Waals surface area (Å²) in [4.78, 5) is 0. The van der Waals surface area contributed by atoms with Gasteiger partial charge in [0.2, 0.25) is 0 Å². The molecular weight excluding hydrogens is 282 g/mol. The summed E-state index contributed by atoms with van der Waals surface area (Å²) < 4.78 is 0. The molecule has 0 aromatic heterocycles. The first-order valence-electron chi connectivity index (χ1n) is 9.96. The summed E-state index contributed by atoms with van der Waals surface area (Å²) >= 11 is 0. The van der Waals surface area contributed by atoms with Crippen molar-refractivity contribution in [3.8, 4) is 0 Å². The Hall–Kier alpha value is 1.11. The van der Waals surface area contributed by atoms with E-state index < -0.39 is 0 Å². The Morgan fingerprint density at radius 2 is 1.04 bits per heavy atom. The van der Waals surface area contributed by atoms with Crippen LogP contribution in [-0.2, 0) is 0 Å². The van der Waals surface area contributed by atoms with Crippen molar-refractivity contribution in [3.05, 3.63) is 12.2 Å². The van der Waals surface area contributed by atoms with E-state index in [1.54, 1.807) is 0 Å². The maximum Gasteiger partial charge on any atom is 1.00 e. The molecule has 4 heteroatoms. The third-order valence-electron chi connectivity index (χ3n) is 3.69. The van der Waals surface area contributed by atoms with Crippen molar-refractivity contribution in [1.29, 1.82) is 0 Å². The second-order valence-corrected chi connectivity index (χ2v) is 6.10. The van der Waals surface area contributed by atoms with Crippen LogP contribution < -0.4 is 43.0 Å². The molecule has 136 valence electrons. The van der Waals surface area contributed by atoms with E-state index in [0.29, 0.717) is 0 Å². The third kappa shape index (κ3) is 38.6. The van der Waals surface area contributed by atoms with Gasteiger partial charge in [-0.05, 0) is 25.9 Å².